The van der Waals surface area contributed by atoms with Crippen LogP contribution in [-0.4, -0.2) is 19.2 Å². The summed E-state index contributed by atoms with van der Waals surface area (Å²) in [5.74, 6) is 1.72. The van der Waals surface area contributed by atoms with Gasteiger partial charge in [0.2, 0.25) is 0 Å². The number of likely N-dealkylation sites (N-methyl/N-ethyl adjacent to an activating group) is 1. The lowest BCUT2D eigenvalue weighted by molar-refractivity contribution is 0.302. The molecule has 1 aromatic carbocycles. The summed E-state index contributed by atoms with van der Waals surface area (Å²) in [6, 6.07) is 9.44. The van der Waals surface area contributed by atoms with E-state index < -0.39 is 0 Å². The Morgan fingerprint density at radius 3 is 2.68 bits per heavy atom. The van der Waals surface area contributed by atoms with Crippen LogP contribution in [0.4, 0.5) is 0 Å². The van der Waals surface area contributed by atoms with Crippen LogP contribution in [0.2, 0.25) is 0 Å². The van der Waals surface area contributed by atoms with E-state index >= 15 is 0 Å². The quantitative estimate of drug-likeness (QED) is 0.829. The molecule has 0 amide bonds. The molecule has 0 aliphatic heterocycles. The summed E-state index contributed by atoms with van der Waals surface area (Å²) in [7, 11) is 2.10. The van der Waals surface area contributed by atoms with Crippen molar-refractivity contribution in [1.82, 2.24) is 5.32 Å². The second-order valence-corrected chi connectivity index (χ2v) is 6.03. The highest BCUT2D eigenvalue weighted by Gasteiger charge is 2.26. The Balaban J connectivity index is 1.77. The Bertz CT molecular complexity index is 413. The molecule has 2 heteroatoms. The van der Waals surface area contributed by atoms with Crippen LogP contribution in [0, 0.1) is 0 Å². The molecule has 2 fully saturated rings. The third-order valence-electron chi connectivity index (χ3n) is 4.50. The molecule has 19 heavy (non-hydrogen) atoms. The lowest BCUT2D eigenvalue weighted by Gasteiger charge is -2.25. The van der Waals surface area contributed by atoms with E-state index in [4.69, 9.17) is 4.74 Å². The molecule has 3 rings (SSSR count). The Labute approximate surface area is 116 Å². The predicted octanol–water partition coefficient (Wildman–Crippen LogP) is 3.86. The summed E-state index contributed by atoms with van der Waals surface area (Å²) in [4.78, 5) is 0. The van der Waals surface area contributed by atoms with Crippen molar-refractivity contribution in [2.45, 2.75) is 63.0 Å². The fourth-order valence-corrected chi connectivity index (χ4v) is 3.25. The number of ether oxygens (including phenoxy) is 1. The van der Waals surface area contributed by atoms with Crippen molar-refractivity contribution < 1.29 is 4.74 Å². The maximum absolute atomic E-state index is 5.94. The van der Waals surface area contributed by atoms with Gasteiger partial charge in [0.05, 0.1) is 6.10 Å². The van der Waals surface area contributed by atoms with Gasteiger partial charge in [0.1, 0.15) is 5.75 Å². The van der Waals surface area contributed by atoms with Crippen molar-refractivity contribution >= 4 is 0 Å². The van der Waals surface area contributed by atoms with Crippen LogP contribution in [0.3, 0.4) is 0 Å². The molecule has 2 nitrogen and oxygen atoms in total. The van der Waals surface area contributed by atoms with Crippen molar-refractivity contribution in [2.24, 2.45) is 0 Å². The van der Waals surface area contributed by atoms with Gasteiger partial charge >= 0.3 is 0 Å². The van der Waals surface area contributed by atoms with Crippen molar-refractivity contribution in [3.8, 4) is 5.75 Å². The Hall–Kier alpha value is -1.02. The zero-order chi connectivity index (χ0) is 13.1. The molecule has 0 radical (unpaired) electrons. The molecule has 2 aliphatic carbocycles. The summed E-state index contributed by atoms with van der Waals surface area (Å²) >= 11 is 0. The van der Waals surface area contributed by atoms with Gasteiger partial charge in [-0.2, -0.15) is 0 Å². The lowest BCUT2D eigenvalue weighted by atomic mass is 9.87. The minimum atomic E-state index is 0.490. The van der Waals surface area contributed by atoms with Crippen LogP contribution < -0.4 is 10.1 Å². The average molecular weight is 259 g/mol. The van der Waals surface area contributed by atoms with E-state index in [0.717, 1.165) is 5.75 Å². The minimum absolute atomic E-state index is 0.490. The standard InChI is InChI=1S/C17H25NO/c1-18-17-9-4-2-3-8-16(17)13-6-5-7-15(12-13)19-14-10-11-14/h5-7,12,14,16-18H,2-4,8-11H2,1H3. The number of nitrogens with one attached hydrogen (secondary N) is 1. The third-order valence-corrected chi connectivity index (χ3v) is 4.50. The molecule has 1 N–H and O–H groups in total. The molecule has 104 valence electrons. The Morgan fingerprint density at radius 2 is 1.89 bits per heavy atom. The van der Waals surface area contributed by atoms with E-state index in [-0.39, 0.29) is 0 Å². The van der Waals surface area contributed by atoms with Crippen molar-refractivity contribution in [3.05, 3.63) is 29.8 Å². The normalized spacial score (nSPS) is 27.8. The van der Waals surface area contributed by atoms with Gasteiger partial charge in [0.25, 0.3) is 0 Å². The lowest BCUT2D eigenvalue weighted by Crippen LogP contribution is -2.31. The van der Waals surface area contributed by atoms with Gasteiger partial charge in [0, 0.05) is 6.04 Å². The zero-order valence-corrected chi connectivity index (χ0v) is 11.9. The fraction of sp³-hybridized carbons (Fsp3) is 0.647. The number of benzene rings is 1. The third kappa shape index (κ3) is 3.30. The number of hydrogen-bond acceptors (Lipinski definition) is 2. The van der Waals surface area contributed by atoms with Crippen LogP contribution in [0.5, 0.6) is 5.75 Å². The molecule has 0 bridgehead atoms. The topological polar surface area (TPSA) is 21.3 Å². The average Bonchev–Trinajstić information content (AvgIpc) is 3.24. The molecular weight excluding hydrogens is 234 g/mol. The summed E-state index contributed by atoms with van der Waals surface area (Å²) < 4.78 is 5.94. The van der Waals surface area contributed by atoms with Gasteiger partial charge < -0.3 is 10.1 Å². The summed E-state index contributed by atoms with van der Waals surface area (Å²) in [5.41, 5.74) is 1.46. The largest absolute Gasteiger partial charge is 0.490 e. The molecule has 0 spiro atoms. The van der Waals surface area contributed by atoms with Crippen molar-refractivity contribution in [1.29, 1.82) is 0 Å². The summed E-state index contributed by atoms with van der Waals surface area (Å²) in [5, 5.41) is 3.52. The summed E-state index contributed by atoms with van der Waals surface area (Å²) in [6.45, 7) is 0. The molecule has 2 unspecified atom stereocenters. The highest BCUT2D eigenvalue weighted by molar-refractivity contribution is 5.32. The van der Waals surface area contributed by atoms with Crippen molar-refractivity contribution in [3.63, 3.8) is 0 Å². The van der Waals surface area contributed by atoms with E-state index in [9.17, 15) is 0 Å². The van der Waals surface area contributed by atoms with E-state index in [1.807, 2.05) is 0 Å². The molecule has 0 saturated heterocycles. The Kier molecular flexibility index (Phi) is 4.07. The summed E-state index contributed by atoms with van der Waals surface area (Å²) in [6.07, 6.45) is 9.65. The van der Waals surface area contributed by atoms with Gasteiger partial charge in [-0.05, 0) is 56.3 Å². The Morgan fingerprint density at radius 1 is 1.05 bits per heavy atom. The first kappa shape index (κ1) is 13.0. The smallest absolute Gasteiger partial charge is 0.120 e. The maximum atomic E-state index is 5.94. The van der Waals surface area contributed by atoms with Crippen LogP contribution in [0.25, 0.3) is 0 Å². The van der Waals surface area contributed by atoms with Gasteiger partial charge in [0.15, 0.2) is 0 Å². The zero-order valence-electron chi connectivity index (χ0n) is 11.9. The van der Waals surface area contributed by atoms with Crippen LogP contribution >= 0.6 is 0 Å². The van der Waals surface area contributed by atoms with Crippen LogP contribution in [-0.2, 0) is 0 Å². The van der Waals surface area contributed by atoms with E-state index in [1.165, 1.54) is 50.5 Å². The van der Waals surface area contributed by atoms with Gasteiger partial charge in [-0.15, -0.1) is 0 Å². The van der Waals surface area contributed by atoms with Gasteiger partial charge in [-0.25, -0.2) is 0 Å². The van der Waals surface area contributed by atoms with Crippen LogP contribution in [0.1, 0.15) is 56.4 Å². The molecule has 2 atom stereocenters. The van der Waals surface area contributed by atoms with E-state index in [0.29, 0.717) is 18.1 Å². The maximum Gasteiger partial charge on any atom is 0.120 e. The SMILES string of the molecule is CNC1CCCCCC1c1cccc(OC2CC2)c1. The first-order valence-electron chi connectivity index (χ1n) is 7.80. The van der Waals surface area contributed by atoms with E-state index in [2.05, 4.69) is 36.6 Å². The predicted molar refractivity (Wildman–Crippen MR) is 78.8 cm³/mol. The fourth-order valence-electron chi connectivity index (χ4n) is 3.25. The van der Waals surface area contributed by atoms with Gasteiger partial charge in [-0.1, -0.05) is 31.4 Å². The molecule has 0 heterocycles. The molecule has 2 aliphatic rings. The second kappa shape index (κ2) is 5.96. The monoisotopic (exact) mass is 259 g/mol. The molecular formula is C17H25NO. The second-order valence-electron chi connectivity index (χ2n) is 6.03. The highest BCUT2D eigenvalue weighted by atomic mass is 16.5. The number of hydrogen-bond donors (Lipinski definition) is 1. The highest BCUT2D eigenvalue weighted by Crippen LogP contribution is 2.34. The molecule has 1 aromatic rings. The number of rotatable bonds is 4. The molecule has 2 saturated carbocycles. The van der Waals surface area contributed by atoms with Crippen LogP contribution in [0.15, 0.2) is 24.3 Å². The van der Waals surface area contributed by atoms with E-state index in [1.54, 1.807) is 0 Å². The minimum Gasteiger partial charge on any atom is -0.490 e. The van der Waals surface area contributed by atoms with Crippen molar-refractivity contribution in [2.75, 3.05) is 7.05 Å². The first-order chi connectivity index (χ1) is 9.36. The first-order valence-corrected chi connectivity index (χ1v) is 7.80. The van der Waals surface area contributed by atoms with Gasteiger partial charge in [-0.3, -0.25) is 0 Å². The molecule has 0 aromatic heterocycles.